The topological polar surface area (TPSA) is 126 Å². The Bertz CT molecular complexity index is 2280. The molecule has 11 heteroatoms. The largest absolute Gasteiger partial charge is 0.508 e. The second-order valence-electron chi connectivity index (χ2n) is 14.7. The van der Waals surface area contributed by atoms with E-state index in [2.05, 4.69) is 27.9 Å². The Kier molecular flexibility index (Phi) is 7.69. The van der Waals surface area contributed by atoms with Crippen LogP contribution in [0.5, 0.6) is 23.0 Å². The second kappa shape index (κ2) is 12.4. The number of carbonyl (C=O) groups excluding carboxylic acids is 1. The smallest absolute Gasteiger partial charge is 0.245 e. The molecule has 2 aliphatic heterocycles. The number of benzene rings is 2. The van der Waals surface area contributed by atoms with Crippen LogP contribution in [0.25, 0.3) is 33.3 Å². The first kappa shape index (κ1) is 32.1. The molecule has 0 radical (unpaired) electrons. The lowest BCUT2D eigenvalue weighted by atomic mass is 9.61. The number of fused-ring (bicyclic) bond motifs is 2. The number of phenolic OH excluding ortho intramolecular Hbond substituents is 2. The first-order valence-electron chi connectivity index (χ1n) is 17.8. The van der Waals surface area contributed by atoms with E-state index in [1.165, 1.54) is 12.5 Å². The first-order chi connectivity index (χ1) is 25.3. The molecule has 10 rings (SSSR count). The van der Waals surface area contributed by atoms with Crippen molar-refractivity contribution in [3.8, 4) is 45.3 Å². The van der Waals surface area contributed by atoms with E-state index < -0.39 is 0 Å². The molecule has 2 aliphatic carbocycles. The molecule has 2 saturated heterocycles. The van der Waals surface area contributed by atoms with Crippen molar-refractivity contribution in [3.63, 3.8) is 0 Å². The summed E-state index contributed by atoms with van der Waals surface area (Å²) in [6, 6.07) is 18.5. The average molecular weight is 697 g/mol. The highest BCUT2D eigenvalue weighted by Crippen LogP contribution is 2.51. The van der Waals surface area contributed by atoms with Gasteiger partial charge in [0.05, 0.1) is 25.0 Å². The van der Waals surface area contributed by atoms with Crippen LogP contribution in [0, 0.1) is 10.8 Å². The number of hydrogen-bond acceptors (Lipinski definition) is 8. The van der Waals surface area contributed by atoms with Gasteiger partial charge in [0.1, 0.15) is 46.2 Å². The zero-order valence-corrected chi connectivity index (χ0v) is 28.7. The molecule has 11 nitrogen and oxygen atoms in total. The number of nitrogens with zero attached hydrogens (tertiary/aromatic N) is 5. The Morgan fingerprint density at radius 2 is 1.23 bits per heavy atom. The summed E-state index contributed by atoms with van der Waals surface area (Å²) < 4.78 is 16.8. The Balaban J connectivity index is 0.000000140. The maximum atomic E-state index is 11.8. The number of rotatable bonds is 7. The van der Waals surface area contributed by atoms with Gasteiger partial charge < -0.3 is 38.7 Å². The molecule has 0 bridgehead atoms. The Hall–Kier alpha value is -5.81. The standard InChI is InChI=1S/C22H21N3O3.C19H19N3O2/c1-2-21(27)25-12-22(13-25)8-7-20(22)28-19-9-16(11-24-14-23-10-18(19)24)15-3-5-17(26)6-4-15;23-15-3-1-13(2-4-15)14-7-17(16-8-20-12-22(16)9-14)24-18-5-6-19(18)10-21-11-19/h2-6,9-11,14,20,26H,1,7-8,12-13H2;1-4,7-9,12,18,21,23H,5-6,10-11H2. The lowest BCUT2D eigenvalue weighted by molar-refractivity contribution is -0.165. The number of pyridine rings is 2. The van der Waals surface area contributed by atoms with Gasteiger partial charge in [-0.1, -0.05) is 30.8 Å². The normalized spacial score (nSPS) is 20.6. The van der Waals surface area contributed by atoms with Gasteiger partial charge in [-0.15, -0.1) is 0 Å². The molecule has 6 heterocycles. The Morgan fingerprint density at radius 1 is 0.750 bits per heavy atom. The van der Waals surface area contributed by atoms with E-state index in [-0.39, 0.29) is 35.0 Å². The van der Waals surface area contributed by atoms with Crippen LogP contribution in [-0.4, -0.2) is 78.2 Å². The summed E-state index contributed by atoms with van der Waals surface area (Å²) >= 11 is 0. The van der Waals surface area contributed by atoms with E-state index in [4.69, 9.17) is 9.47 Å². The molecule has 2 spiro atoms. The van der Waals surface area contributed by atoms with Gasteiger partial charge in [0.25, 0.3) is 0 Å². The van der Waals surface area contributed by atoms with Crippen molar-refractivity contribution in [2.45, 2.75) is 37.9 Å². The number of amides is 1. The molecule has 3 N–H and O–H groups in total. The van der Waals surface area contributed by atoms with Crippen molar-refractivity contribution in [2.75, 3.05) is 26.2 Å². The van der Waals surface area contributed by atoms with Gasteiger partial charge in [-0.3, -0.25) is 4.79 Å². The number of phenols is 2. The molecule has 6 aromatic rings. The zero-order valence-electron chi connectivity index (χ0n) is 28.7. The number of nitrogens with one attached hydrogen (secondary N) is 1. The highest BCUT2D eigenvalue weighted by molar-refractivity contribution is 5.87. The highest BCUT2D eigenvalue weighted by Gasteiger charge is 2.57. The van der Waals surface area contributed by atoms with Gasteiger partial charge in [0, 0.05) is 60.5 Å². The molecule has 1 amide bonds. The third-order valence-corrected chi connectivity index (χ3v) is 11.5. The average Bonchev–Trinajstić information content (AvgIpc) is 3.78. The van der Waals surface area contributed by atoms with E-state index in [9.17, 15) is 15.0 Å². The van der Waals surface area contributed by atoms with Crippen LogP contribution >= 0.6 is 0 Å². The molecule has 2 aromatic carbocycles. The summed E-state index contributed by atoms with van der Waals surface area (Å²) in [5.41, 5.74) is 6.39. The van der Waals surface area contributed by atoms with Crippen molar-refractivity contribution in [1.82, 2.24) is 29.0 Å². The zero-order chi connectivity index (χ0) is 35.5. The van der Waals surface area contributed by atoms with Crippen LogP contribution in [0.15, 0.2) is 111 Å². The van der Waals surface area contributed by atoms with Crippen LogP contribution < -0.4 is 14.8 Å². The molecule has 2 unspecified atom stereocenters. The molecule has 264 valence electrons. The minimum absolute atomic E-state index is 0.0104. The maximum Gasteiger partial charge on any atom is 0.245 e. The van der Waals surface area contributed by atoms with E-state index in [0.717, 1.165) is 90.2 Å². The Labute approximate surface area is 300 Å². The maximum absolute atomic E-state index is 11.8. The molecular weight excluding hydrogens is 656 g/mol. The summed E-state index contributed by atoms with van der Waals surface area (Å²) in [5, 5.41) is 22.4. The van der Waals surface area contributed by atoms with Crippen molar-refractivity contribution < 1.29 is 24.5 Å². The summed E-state index contributed by atoms with van der Waals surface area (Å²) in [6.07, 6.45) is 17.4. The fraction of sp³-hybridized carbons (Fsp3) is 0.293. The lowest BCUT2D eigenvalue weighted by Crippen LogP contribution is -2.69. The van der Waals surface area contributed by atoms with E-state index in [1.54, 1.807) is 43.1 Å². The molecular formula is C41H40N6O5. The predicted molar refractivity (Wildman–Crippen MR) is 196 cm³/mol. The third kappa shape index (κ3) is 5.52. The summed E-state index contributed by atoms with van der Waals surface area (Å²) in [6.45, 7) is 7.15. The quantitative estimate of drug-likeness (QED) is 0.171. The van der Waals surface area contributed by atoms with Gasteiger partial charge in [-0.25, -0.2) is 9.97 Å². The lowest BCUT2D eigenvalue weighted by Gasteiger charge is -2.59. The van der Waals surface area contributed by atoms with Gasteiger partial charge in [0.2, 0.25) is 5.91 Å². The van der Waals surface area contributed by atoms with E-state index >= 15 is 0 Å². The monoisotopic (exact) mass is 696 g/mol. The second-order valence-corrected chi connectivity index (χ2v) is 14.7. The highest BCUT2D eigenvalue weighted by atomic mass is 16.5. The van der Waals surface area contributed by atoms with Crippen molar-refractivity contribution in [1.29, 1.82) is 0 Å². The van der Waals surface area contributed by atoms with Crippen LogP contribution in [0.4, 0.5) is 0 Å². The van der Waals surface area contributed by atoms with Gasteiger partial charge >= 0.3 is 0 Å². The van der Waals surface area contributed by atoms with Crippen molar-refractivity contribution in [3.05, 3.63) is 111 Å². The van der Waals surface area contributed by atoms with Crippen LogP contribution in [0.3, 0.4) is 0 Å². The molecule has 4 aromatic heterocycles. The summed E-state index contributed by atoms with van der Waals surface area (Å²) in [5.74, 6) is 2.18. The van der Waals surface area contributed by atoms with E-state index in [0.29, 0.717) is 5.41 Å². The summed E-state index contributed by atoms with van der Waals surface area (Å²) in [7, 11) is 0. The van der Waals surface area contributed by atoms with Gasteiger partial charge in [0.15, 0.2) is 0 Å². The number of imidazole rings is 2. The van der Waals surface area contributed by atoms with Crippen LogP contribution in [0.2, 0.25) is 0 Å². The fourth-order valence-electron chi connectivity index (χ4n) is 8.04. The first-order valence-corrected chi connectivity index (χ1v) is 17.8. The number of aromatic nitrogens is 4. The SMILES string of the molecule is C=CC(=O)N1CC2(CCC2Oc2cc(-c3ccc(O)cc3)cn3cncc23)C1.Oc1ccc(-c2cc(OC3CCC34CNC4)c3cncn3c2)cc1. The minimum Gasteiger partial charge on any atom is -0.508 e. The Morgan fingerprint density at radius 3 is 1.63 bits per heavy atom. The molecule has 4 aliphatic rings. The minimum atomic E-state index is -0.0104. The van der Waals surface area contributed by atoms with Crippen LogP contribution in [-0.2, 0) is 4.79 Å². The van der Waals surface area contributed by atoms with Gasteiger partial charge in [-0.05, 0) is 79.3 Å². The third-order valence-electron chi connectivity index (χ3n) is 11.5. The molecule has 2 saturated carbocycles. The number of likely N-dealkylation sites (tertiary alicyclic amines) is 1. The van der Waals surface area contributed by atoms with E-state index in [1.807, 2.05) is 62.6 Å². The van der Waals surface area contributed by atoms with Crippen LogP contribution in [0.1, 0.15) is 25.7 Å². The molecule has 4 fully saturated rings. The summed E-state index contributed by atoms with van der Waals surface area (Å²) in [4.78, 5) is 22.1. The molecule has 2 atom stereocenters. The van der Waals surface area contributed by atoms with Gasteiger partial charge in [-0.2, -0.15) is 0 Å². The number of ether oxygens (including phenoxy) is 2. The molecule has 52 heavy (non-hydrogen) atoms. The number of hydrogen-bond donors (Lipinski definition) is 3. The number of carbonyl (C=O) groups is 1. The predicted octanol–water partition coefficient (Wildman–Crippen LogP) is 6.10. The number of aromatic hydroxyl groups is 2. The van der Waals surface area contributed by atoms with Crippen molar-refractivity contribution >= 4 is 16.9 Å². The van der Waals surface area contributed by atoms with Crippen molar-refractivity contribution in [2.24, 2.45) is 10.8 Å². The fourth-order valence-corrected chi connectivity index (χ4v) is 8.04.